The van der Waals surface area contributed by atoms with Crippen LogP contribution in [0, 0.1) is 5.41 Å². The van der Waals surface area contributed by atoms with Gasteiger partial charge in [0.1, 0.15) is 5.71 Å². The maximum atomic E-state index is 11.2. The third kappa shape index (κ3) is 7.96. The highest BCUT2D eigenvalue weighted by Crippen LogP contribution is 2.02. The van der Waals surface area contributed by atoms with E-state index >= 15 is 0 Å². The van der Waals surface area contributed by atoms with Crippen molar-refractivity contribution >= 4 is 11.7 Å². The van der Waals surface area contributed by atoms with Gasteiger partial charge in [0.05, 0.1) is 6.61 Å². The van der Waals surface area contributed by atoms with Crippen molar-refractivity contribution in [3.63, 3.8) is 0 Å². The largest absolute Gasteiger partial charge is 0.461 e. The first kappa shape index (κ1) is 17.5. The first-order valence-electron chi connectivity index (χ1n) is 5.55. The normalized spacial score (nSPS) is 10.2. The molecule has 0 aromatic carbocycles. The van der Waals surface area contributed by atoms with E-state index in [4.69, 9.17) is 10.1 Å². The molecule has 94 valence electrons. The number of hydrogen-bond acceptors (Lipinski definition) is 3. The van der Waals surface area contributed by atoms with Gasteiger partial charge in [-0.05, 0) is 6.92 Å². The summed E-state index contributed by atoms with van der Waals surface area (Å²) < 4.78 is 4.71. The van der Waals surface area contributed by atoms with Gasteiger partial charge < -0.3 is 4.74 Å². The van der Waals surface area contributed by atoms with E-state index in [9.17, 15) is 4.79 Å². The fourth-order valence-electron chi connectivity index (χ4n) is 0.842. The zero-order valence-electron chi connectivity index (χ0n) is 10.8. The Morgan fingerprint density at radius 2 is 1.88 bits per heavy atom. The van der Waals surface area contributed by atoms with Crippen molar-refractivity contribution in [1.29, 1.82) is 5.41 Å². The number of rotatable bonds is 6. The van der Waals surface area contributed by atoms with Crippen LogP contribution in [0.5, 0.6) is 0 Å². The average Bonchev–Trinajstić information content (AvgIpc) is 2.36. The van der Waals surface area contributed by atoms with Crippen LogP contribution >= 0.6 is 0 Å². The smallest absolute Gasteiger partial charge is 0.356 e. The van der Waals surface area contributed by atoms with Gasteiger partial charge in [0.15, 0.2) is 0 Å². The molecule has 0 saturated carbocycles. The molecule has 3 heteroatoms. The fourth-order valence-corrected chi connectivity index (χ4v) is 0.842. The molecule has 17 heavy (non-hydrogen) atoms. The van der Waals surface area contributed by atoms with E-state index in [1.54, 1.807) is 31.2 Å². The Balaban J connectivity index is 0. The number of nitrogens with one attached hydrogen (secondary N) is 1. The topological polar surface area (TPSA) is 50.2 Å². The summed E-state index contributed by atoms with van der Waals surface area (Å²) in [6, 6.07) is 0. The van der Waals surface area contributed by atoms with Gasteiger partial charge in [-0.1, -0.05) is 57.4 Å². The molecule has 0 aliphatic carbocycles. The molecule has 0 aliphatic rings. The molecule has 0 radical (unpaired) electrons. The molecular weight excluding hydrogens is 214 g/mol. The summed E-state index contributed by atoms with van der Waals surface area (Å²) in [7, 11) is 0. The Morgan fingerprint density at radius 3 is 2.29 bits per heavy atom. The number of carbonyl (C=O) groups is 1. The van der Waals surface area contributed by atoms with Crippen molar-refractivity contribution < 1.29 is 9.53 Å². The molecule has 0 atom stereocenters. The minimum atomic E-state index is -0.640. The molecule has 0 unspecified atom stereocenters. The van der Waals surface area contributed by atoms with Crippen LogP contribution in [-0.4, -0.2) is 18.3 Å². The van der Waals surface area contributed by atoms with E-state index in [1.165, 1.54) is 6.08 Å². The molecule has 0 spiro atoms. The fraction of sp³-hybridized carbons (Fsp3) is 0.286. The van der Waals surface area contributed by atoms with Crippen molar-refractivity contribution in [2.24, 2.45) is 0 Å². The van der Waals surface area contributed by atoms with Crippen LogP contribution in [0.15, 0.2) is 49.1 Å². The number of allylic oxidation sites excluding steroid dienone is 5. The maximum absolute atomic E-state index is 11.2. The molecule has 0 saturated heterocycles. The zero-order chi connectivity index (χ0) is 13.7. The van der Waals surface area contributed by atoms with Crippen LogP contribution in [0.2, 0.25) is 0 Å². The van der Waals surface area contributed by atoms with E-state index in [0.29, 0.717) is 5.57 Å². The lowest BCUT2D eigenvalue weighted by molar-refractivity contribution is -0.135. The van der Waals surface area contributed by atoms with E-state index in [0.717, 1.165) is 0 Å². The summed E-state index contributed by atoms with van der Waals surface area (Å²) in [5.74, 6) is -0.640. The summed E-state index contributed by atoms with van der Waals surface area (Å²) in [6.45, 7) is 13.0. The van der Waals surface area contributed by atoms with Gasteiger partial charge in [0.25, 0.3) is 0 Å². The number of ether oxygens (including phenoxy) is 1. The highest BCUT2D eigenvalue weighted by molar-refractivity contribution is 6.42. The number of esters is 1. The first-order chi connectivity index (χ1) is 8.17. The molecule has 3 nitrogen and oxygen atoms in total. The van der Waals surface area contributed by atoms with Crippen LogP contribution < -0.4 is 0 Å². The van der Waals surface area contributed by atoms with Crippen LogP contribution in [0.1, 0.15) is 20.8 Å². The second kappa shape index (κ2) is 12.2. The minimum Gasteiger partial charge on any atom is -0.461 e. The summed E-state index contributed by atoms with van der Waals surface area (Å²) in [4.78, 5) is 11.2. The molecule has 0 aliphatic heterocycles. The second-order valence-corrected chi connectivity index (χ2v) is 2.55. The van der Waals surface area contributed by atoms with Crippen LogP contribution in [0.3, 0.4) is 0 Å². The minimum absolute atomic E-state index is 0.185. The van der Waals surface area contributed by atoms with Gasteiger partial charge in [-0.15, -0.1) is 0 Å². The molecular formula is C14H21NO2. The SMILES string of the molecule is C=C/C=C\C(=C/C=C)C(=N)C(=O)OCC.CC. The quantitative estimate of drug-likeness (QED) is 0.435. The zero-order valence-corrected chi connectivity index (χ0v) is 10.8. The first-order valence-corrected chi connectivity index (χ1v) is 5.55. The van der Waals surface area contributed by atoms with Crippen molar-refractivity contribution in [3.05, 3.63) is 49.1 Å². The second-order valence-electron chi connectivity index (χ2n) is 2.55. The lowest BCUT2D eigenvalue weighted by Gasteiger charge is -2.03. The van der Waals surface area contributed by atoms with E-state index in [1.807, 2.05) is 13.8 Å². The summed E-state index contributed by atoms with van der Waals surface area (Å²) in [5, 5.41) is 7.56. The summed E-state index contributed by atoms with van der Waals surface area (Å²) in [6.07, 6.45) is 7.89. The molecule has 0 bridgehead atoms. The van der Waals surface area contributed by atoms with E-state index in [2.05, 4.69) is 13.2 Å². The van der Waals surface area contributed by atoms with E-state index in [-0.39, 0.29) is 12.3 Å². The maximum Gasteiger partial charge on any atom is 0.356 e. The number of hydrogen-bond donors (Lipinski definition) is 1. The van der Waals surface area contributed by atoms with Crippen molar-refractivity contribution in [2.45, 2.75) is 20.8 Å². The average molecular weight is 235 g/mol. The lowest BCUT2D eigenvalue weighted by atomic mass is 10.1. The molecule has 0 amide bonds. The van der Waals surface area contributed by atoms with Crippen molar-refractivity contribution in [2.75, 3.05) is 6.61 Å². The predicted molar refractivity (Wildman–Crippen MR) is 73.3 cm³/mol. The van der Waals surface area contributed by atoms with E-state index < -0.39 is 5.97 Å². The molecule has 0 aromatic rings. The summed E-state index contributed by atoms with van der Waals surface area (Å²) in [5.41, 5.74) is 0.262. The molecule has 0 aromatic heterocycles. The predicted octanol–water partition coefficient (Wildman–Crippen LogP) is 3.45. The van der Waals surface area contributed by atoms with Crippen LogP contribution in [0.4, 0.5) is 0 Å². The molecule has 0 heterocycles. The molecule has 1 N–H and O–H groups in total. The van der Waals surface area contributed by atoms with Crippen LogP contribution in [0.25, 0.3) is 0 Å². The standard InChI is InChI=1S/C12H15NO2.C2H6/c1-4-7-9-10(8-5-2)11(13)12(14)15-6-3;1-2/h4-5,7-9,13H,1-2,6H2,3H3;1-2H3/b9-7-,10-8+,13-11?;. The van der Waals surface area contributed by atoms with Gasteiger partial charge in [-0.2, -0.15) is 0 Å². The Morgan fingerprint density at radius 1 is 1.29 bits per heavy atom. The number of carbonyl (C=O) groups excluding carboxylic acids is 1. The van der Waals surface area contributed by atoms with Gasteiger partial charge in [0, 0.05) is 5.57 Å². The Hall–Kier alpha value is -1.90. The lowest BCUT2D eigenvalue weighted by Crippen LogP contribution is -2.17. The van der Waals surface area contributed by atoms with Crippen LogP contribution in [-0.2, 0) is 9.53 Å². The van der Waals surface area contributed by atoms with Gasteiger partial charge in [0.2, 0.25) is 0 Å². The van der Waals surface area contributed by atoms with Gasteiger partial charge >= 0.3 is 5.97 Å². The summed E-state index contributed by atoms with van der Waals surface area (Å²) >= 11 is 0. The molecule has 0 fully saturated rings. The van der Waals surface area contributed by atoms with Crippen molar-refractivity contribution in [1.82, 2.24) is 0 Å². The Labute approximate surface area is 104 Å². The third-order valence-electron chi connectivity index (χ3n) is 1.48. The highest BCUT2D eigenvalue weighted by Gasteiger charge is 2.12. The third-order valence-corrected chi connectivity index (χ3v) is 1.48. The van der Waals surface area contributed by atoms with Crippen molar-refractivity contribution in [3.8, 4) is 0 Å². The monoisotopic (exact) mass is 235 g/mol. The highest BCUT2D eigenvalue weighted by atomic mass is 16.5. The van der Waals surface area contributed by atoms with Gasteiger partial charge in [-0.25, -0.2) is 4.79 Å². The van der Waals surface area contributed by atoms with Gasteiger partial charge in [-0.3, -0.25) is 5.41 Å². The molecule has 0 rings (SSSR count). The Kier molecular flexibility index (Phi) is 12.5. The Bertz CT molecular complexity index is 325.